The zero-order valence-electron chi connectivity index (χ0n) is 12.1. The fourth-order valence-corrected chi connectivity index (χ4v) is 2.31. The maximum atomic E-state index is 12.8. The van der Waals surface area contributed by atoms with Crippen LogP contribution in [0.1, 0.15) is 6.42 Å². The van der Waals surface area contributed by atoms with Crippen molar-refractivity contribution in [2.45, 2.75) is 6.42 Å². The molecule has 0 spiro atoms. The number of benzene rings is 2. The van der Waals surface area contributed by atoms with Crippen molar-refractivity contribution >= 4 is 23.2 Å². The Bertz CT molecular complexity index is 666. The molecule has 1 saturated carbocycles. The molecule has 118 valence electrons. The van der Waals surface area contributed by atoms with E-state index in [1.807, 2.05) is 0 Å². The highest BCUT2D eigenvalue weighted by Crippen LogP contribution is 2.40. The predicted molar refractivity (Wildman–Crippen MR) is 81.7 cm³/mol. The number of amides is 2. The van der Waals surface area contributed by atoms with Crippen molar-refractivity contribution in [1.29, 1.82) is 0 Å². The first-order valence-electron chi connectivity index (χ1n) is 7.16. The highest BCUT2D eigenvalue weighted by Gasteiger charge is 2.48. The molecule has 1 aliphatic rings. The zero-order chi connectivity index (χ0) is 16.4. The molecule has 0 bridgehead atoms. The minimum atomic E-state index is -0.402. The molecule has 1 aliphatic carbocycles. The summed E-state index contributed by atoms with van der Waals surface area (Å²) in [5.41, 5.74) is 0.974. The molecule has 23 heavy (non-hydrogen) atoms. The van der Waals surface area contributed by atoms with Crippen molar-refractivity contribution in [3.05, 3.63) is 60.2 Å². The lowest BCUT2D eigenvalue weighted by molar-refractivity contribution is -0.122. The summed E-state index contributed by atoms with van der Waals surface area (Å²) < 4.78 is 25.6. The molecule has 2 N–H and O–H groups in total. The topological polar surface area (TPSA) is 58.2 Å². The van der Waals surface area contributed by atoms with Crippen LogP contribution in [-0.2, 0) is 9.59 Å². The molecule has 0 aromatic heterocycles. The normalized spacial score (nSPS) is 19.0. The molecule has 3 rings (SSSR count). The Labute approximate surface area is 131 Å². The Morgan fingerprint density at radius 3 is 1.43 bits per heavy atom. The maximum absolute atomic E-state index is 12.8. The average molecular weight is 316 g/mol. The van der Waals surface area contributed by atoms with Crippen molar-refractivity contribution < 1.29 is 18.4 Å². The van der Waals surface area contributed by atoms with Crippen LogP contribution in [0, 0.1) is 23.5 Å². The van der Waals surface area contributed by atoms with Crippen LogP contribution < -0.4 is 10.6 Å². The van der Waals surface area contributed by atoms with E-state index < -0.39 is 11.8 Å². The Hall–Kier alpha value is -2.76. The van der Waals surface area contributed by atoms with E-state index in [0.29, 0.717) is 17.8 Å². The van der Waals surface area contributed by atoms with Crippen molar-refractivity contribution in [3.8, 4) is 0 Å². The van der Waals surface area contributed by atoms with Crippen LogP contribution in [0.15, 0.2) is 48.5 Å². The summed E-state index contributed by atoms with van der Waals surface area (Å²) in [7, 11) is 0. The van der Waals surface area contributed by atoms with E-state index >= 15 is 0 Å². The van der Waals surface area contributed by atoms with Gasteiger partial charge < -0.3 is 10.6 Å². The Morgan fingerprint density at radius 2 is 1.09 bits per heavy atom. The fourth-order valence-electron chi connectivity index (χ4n) is 2.31. The molecule has 0 radical (unpaired) electrons. The highest BCUT2D eigenvalue weighted by atomic mass is 19.1. The Balaban J connectivity index is 1.53. The first kappa shape index (κ1) is 15.1. The van der Waals surface area contributed by atoms with Crippen LogP contribution in [0.3, 0.4) is 0 Å². The Morgan fingerprint density at radius 1 is 0.739 bits per heavy atom. The van der Waals surface area contributed by atoms with Crippen LogP contribution in [0.2, 0.25) is 0 Å². The lowest BCUT2D eigenvalue weighted by Gasteiger charge is -2.06. The summed E-state index contributed by atoms with van der Waals surface area (Å²) in [6.45, 7) is 0. The van der Waals surface area contributed by atoms with Gasteiger partial charge in [0.25, 0.3) is 0 Å². The predicted octanol–water partition coefficient (Wildman–Crippen LogP) is 3.18. The van der Waals surface area contributed by atoms with Crippen LogP contribution in [0.5, 0.6) is 0 Å². The van der Waals surface area contributed by atoms with E-state index in [1.54, 1.807) is 0 Å². The van der Waals surface area contributed by atoms with Crippen LogP contribution in [-0.4, -0.2) is 11.8 Å². The van der Waals surface area contributed by atoms with E-state index in [1.165, 1.54) is 48.5 Å². The number of nitrogens with one attached hydrogen (secondary N) is 2. The first-order valence-corrected chi connectivity index (χ1v) is 7.16. The second kappa shape index (κ2) is 6.16. The summed E-state index contributed by atoms with van der Waals surface area (Å²) >= 11 is 0. The van der Waals surface area contributed by atoms with Crippen molar-refractivity contribution in [2.24, 2.45) is 11.8 Å². The summed E-state index contributed by atoms with van der Waals surface area (Å²) in [6.07, 6.45) is 0.458. The minimum absolute atomic E-state index is 0.268. The molecule has 1 fully saturated rings. The molecule has 2 aromatic rings. The first-order chi connectivity index (χ1) is 11.0. The molecule has 0 saturated heterocycles. The van der Waals surface area contributed by atoms with Gasteiger partial charge in [-0.15, -0.1) is 0 Å². The third-order valence-corrected chi connectivity index (χ3v) is 3.69. The minimum Gasteiger partial charge on any atom is -0.326 e. The third-order valence-electron chi connectivity index (χ3n) is 3.69. The van der Waals surface area contributed by atoms with Crippen molar-refractivity contribution in [1.82, 2.24) is 0 Å². The number of halogens is 2. The standard InChI is InChI=1S/C17H14F2N2O2/c18-10-1-5-12(6-2-10)20-16(22)14-9-15(14)17(23)21-13-7-3-11(19)4-8-13/h1-8,14-15H,9H2,(H,20,22)(H,21,23). The van der Waals surface area contributed by atoms with Crippen LogP contribution in [0.4, 0.5) is 20.2 Å². The van der Waals surface area contributed by atoms with Crippen LogP contribution >= 0.6 is 0 Å². The highest BCUT2D eigenvalue weighted by molar-refractivity contribution is 6.03. The fraction of sp³-hybridized carbons (Fsp3) is 0.176. The monoisotopic (exact) mass is 316 g/mol. The quantitative estimate of drug-likeness (QED) is 0.910. The smallest absolute Gasteiger partial charge is 0.228 e. The lowest BCUT2D eigenvalue weighted by atomic mass is 10.2. The van der Waals surface area contributed by atoms with Gasteiger partial charge in [0.1, 0.15) is 11.6 Å². The second-order valence-corrected chi connectivity index (χ2v) is 5.44. The summed E-state index contributed by atoms with van der Waals surface area (Å²) in [5, 5.41) is 5.30. The van der Waals surface area contributed by atoms with Gasteiger partial charge in [0.05, 0.1) is 11.8 Å². The van der Waals surface area contributed by atoms with Gasteiger partial charge in [-0.05, 0) is 55.0 Å². The van der Waals surface area contributed by atoms with Gasteiger partial charge in [-0.2, -0.15) is 0 Å². The average Bonchev–Trinajstić information content (AvgIpc) is 3.33. The molecular formula is C17H14F2N2O2. The van der Waals surface area contributed by atoms with Gasteiger partial charge in [0.15, 0.2) is 0 Å². The molecule has 2 unspecified atom stereocenters. The molecule has 0 aliphatic heterocycles. The summed E-state index contributed by atoms with van der Waals surface area (Å²) in [5.74, 6) is -2.11. The third kappa shape index (κ3) is 3.71. The number of carbonyl (C=O) groups is 2. The van der Waals surface area contributed by atoms with Gasteiger partial charge in [-0.25, -0.2) is 8.78 Å². The maximum Gasteiger partial charge on any atom is 0.228 e. The molecule has 2 atom stereocenters. The van der Waals surface area contributed by atoms with Gasteiger partial charge in [0, 0.05) is 11.4 Å². The van der Waals surface area contributed by atoms with Gasteiger partial charge in [0.2, 0.25) is 11.8 Å². The van der Waals surface area contributed by atoms with Crippen molar-refractivity contribution in [2.75, 3.05) is 10.6 Å². The van der Waals surface area contributed by atoms with E-state index in [0.717, 1.165) is 0 Å². The molecule has 2 amide bonds. The van der Waals surface area contributed by atoms with Crippen molar-refractivity contribution in [3.63, 3.8) is 0 Å². The molecular weight excluding hydrogens is 302 g/mol. The Kier molecular flexibility index (Phi) is 4.06. The largest absolute Gasteiger partial charge is 0.326 e. The second-order valence-electron chi connectivity index (χ2n) is 5.44. The van der Waals surface area contributed by atoms with Gasteiger partial charge >= 0.3 is 0 Å². The van der Waals surface area contributed by atoms with E-state index in [9.17, 15) is 18.4 Å². The van der Waals surface area contributed by atoms with E-state index in [2.05, 4.69) is 10.6 Å². The number of hydrogen-bond donors (Lipinski definition) is 2. The molecule has 0 heterocycles. The molecule has 6 heteroatoms. The number of anilines is 2. The number of hydrogen-bond acceptors (Lipinski definition) is 2. The zero-order valence-corrected chi connectivity index (χ0v) is 12.1. The lowest BCUT2D eigenvalue weighted by Crippen LogP contribution is -2.20. The summed E-state index contributed by atoms with van der Waals surface area (Å²) in [6, 6.07) is 10.9. The van der Waals surface area contributed by atoms with Crippen LogP contribution in [0.25, 0.3) is 0 Å². The summed E-state index contributed by atoms with van der Waals surface area (Å²) in [4.78, 5) is 24.1. The molecule has 4 nitrogen and oxygen atoms in total. The van der Waals surface area contributed by atoms with E-state index in [-0.39, 0.29) is 23.4 Å². The van der Waals surface area contributed by atoms with Gasteiger partial charge in [-0.1, -0.05) is 0 Å². The number of carbonyl (C=O) groups excluding carboxylic acids is 2. The van der Waals surface area contributed by atoms with E-state index in [4.69, 9.17) is 0 Å². The SMILES string of the molecule is O=C(Nc1ccc(F)cc1)C1CC1C(=O)Nc1ccc(F)cc1. The van der Waals surface area contributed by atoms with Gasteiger partial charge in [-0.3, -0.25) is 9.59 Å². The molecule has 2 aromatic carbocycles. The number of rotatable bonds is 4.